The Kier molecular flexibility index (Phi) is 3.29. The fourth-order valence-corrected chi connectivity index (χ4v) is 1.30. The third kappa shape index (κ3) is 2.34. The summed E-state index contributed by atoms with van der Waals surface area (Å²) in [6.07, 6.45) is 0.517. The first-order valence-electron chi connectivity index (χ1n) is 3.68. The minimum absolute atomic E-state index is 0.124. The Morgan fingerprint density at radius 2 is 2.25 bits per heavy atom. The first kappa shape index (κ1) is 9.26. The van der Waals surface area contributed by atoms with Gasteiger partial charge in [-0.1, -0.05) is 28.1 Å². The van der Waals surface area contributed by atoms with Gasteiger partial charge in [-0.05, 0) is 12.1 Å². The molecule has 0 aliphatic rings. The molecule has 0 saturated heterocycles. The smallest absolute Gasteiger partial charge is 0.163 e. The van der Waals surface area contributed by atoms with E-state index >= 15 is 0 Å². The lowest BCUT2D eigenvalue weighted by Crippen LogP contribution is -2.00. The molecule has 3 heteroatoms. The number of nitrogens with two attached hydrogens (primary N) is 1. The number of nitrogen functional groups attached to an aromatic ring is 1. The van der Waals surface area contributed by atoms with Crippen molar-refractivity contribution < 1.29 is 4.79 Å². The van der Waals surface area contributed by atoms with Crippen molar-refractivity contribution in [2.75, 3.05) is 11.1 Å². The fraction of sp³-hybridized carbons (Fsp3) is 0.222. The van der Waals surface area contributed by atoms with Crippen LogP contribution in [0.2, 0.25) is 0 Å². The van der Waals surface area contributed by atoms with Crippen LogP contribution in [0.1, 0.15) is 16.8 Å². The second-order valence-electron chi connectivity index (χ2n) is 2.49. The molecule has 0 amide bonds. The van der Waals surface area contributed by atoms with Crippen LogP contribution in [0.5, 0.6) is 0 Å². The van der Waals surface area contributed by atoms with Gasteiger partial charge >= 0.3 is 0 Å². The van der Waals surface area contributed by atoms with Gasteiger partial charge in [0.15, 0.2) is 5.78 Å². The van der Waals surface area contributed by atoms with Crippen molar-refractivity contribution in [1.29, 1.82) is 0 Å². The van der Waals surface area contributed by atoms with Gasteiger partial charge < -0.3 is 5.73 Å². The summed E-state index contributed by atoms with van der Waals surface area (Å²) in [6.45, 7) is 0. The second kappa shape index (κ2) is 4.26. The van der Waals surface area contributed by atoms with E-state index in [9.17, 15) is 4.79 Å². The van der Waals surface area contributed by atoms with Crippen LogP contribution in [-0.4, -0.2) is 11.1 Å². The van der Waals surface area contributed by atoms with E-state index in [1.165, 1.54) is 0 Å². The lowest BCUT2D eigenvalue weighted by molar-refractivity contribution is 0.0990. The summed E-state index contributed by atoms with van der Waals surface area (Å²) in [6, 6.07) is 7.04. The Morgan fingerprint density at radius 1 is 1.50 bits per heavy atom. The fourth-order valence-electron chi connectivity index (χ4n) is 0.942. The zero-order valence-corrected chi connectivity index (χ0v) is 8.17. The minimum Gasteiger partial charge on any atom is -0.399 e. The molecule has 1 aromatic rings. The number of carbonyl (C=O) groups excluding carboxylic acids is 1. The number of ketones is 1. The van der Waals surface area contributed by atoms with E-state index in [1.807, 2.05) is 0 Å². The highest BCUT2D eigenvalue weighted by Gasteiger charge is 2.03. The van der Waals surface area contributed by atoms with Crippen molar-refractivity contribution in [1.82, 2.24) is 0 Å². The topological polar surface area (TPSA) is 43.1 Å². The number of carbonyl (C=O) groups is 1. The standard InChI is InChI=1S/C9H10BrNO/c10-5-4-9(12)7-2-1-3-8(11)6-7/h1-3,6H,4-5,11H2. The van der Waals surface area contributed by atoms with Crippen molar-refractivity contribution in [3.63, 3.8) is 0 Å². The molecule has 0 unspecified atom stereocenters. The highest BCUT2D eigenvalue weighted by atomic mass is 79.9. The molecule has 0 atom stereocenters. The van der Waals surface area contributed by atoms with Gasteiger partial charge in [-0.15, -0.1) is 0 Å². The maximum Gasteiger partial charge on any atom is 0.163 e. The first-order valence-corrected chi connectivity index (χ1v) is 4.81. The van der Waals surface area contributed by atoms with Crippen LogP contribution in [0.15, 0.2) is 24.3 Å². The lowest BCUT2D eigenvalue weighted by atomic mass is 10.1. The van der Waals surface area contributed by atoms with Crippen LogP contribution in [-0.2, 0) is 0 Å². The van der Waals surface area contributed by atoms with Crippen molar-refractivity contribution in [3.8, 4) is 0 Å². The average Bonchev–Trinajstić information content (AvgIpc) is 2.05. The molecule has 0 spiro atoms. The molecule has 2 nitrogen and oxygen atoms in total. The molecule has 0 saturated carbocycles. The van der Waals surface area contributed by atoms with E-state index in [0.29, 0.717) is 23.0 Å². The molecule has 0 radical (unpaired) electrons. The Labute approximate surface area is 79.9 Å². The summed E-state index contributed by atoms with van der Waals surface area (Å²) in [7, 11) is 0. The Hall–Kier alpha value is -0.830. The van der Waals surface area contributed by atoms with Gasteiger partial charge in [0, 0.05) is 23.0 Å². The molecule has 0 heterocycles. The molecule has 12 heavy (non-hydrogen) atoms. The SMILES string of the molecule is Nc1cccc(C(=O)CCBr)c1. The molecule has 0 aliphatic carbocycles. The van der Waals surface area contributed by atoms with Gasteiger partial charge in [0.25, 0.3) is 0 Å². The Balaban J connectivity index is 2.81. The van der Waals surface area contributed by atoms with E-state index in [2.05, 4.69) is 15.9 Å². The maximum absolute atomic E-state index is 11.3. The van der Waals surface area contributed by atoms with E-state index in [-0.39, 0.29) is 5.78 Å². The van der Waals surface area contributed by atoms with Crippen LogP contribution in [0.25, 0.3) is 0 Å². The summed E-state index contributed by atoms with van der Waals surface area (Å²) in [5, 5.41) is 0.695. The van der Waals surface area contributed by atoms with Crippen LogP contribution in [0, 0.1) is 0 Å². The lowest BCUT2D eigenvalue weighted by Gasteiger charge is -1.98. The number of rotatable bonds is 3. The van der Waals surface area contributed by atoms with Crippen molar-refractivity contribution in [2.24, 2.45) is 0 Å². The Morgan fingerprint density at radius 3 is 2.83 bits per heavy atom. The van der Waals surface area contributed by atoms with E-state index in [4.69, 9.17) is 5.73 Å². The zero-order valence-electron chi connectivity index (χ0n) is 6.59. The third-order valence-electron chi connectivity index (χ3n) is 1.53. The number of anilines is 1. The highest BCUT2D eigenvalue weighted by Crippen LogP contribution is 2.09. The molecule has 1 rings (SSSR count). The minimum atomic E-state index is 0.124. The zero-order chi connectivity index (χ0) is 8.97. The third-order valence-corrected chi connectivity index (χ3v) is 1.93. The molecule has 0 aliphatic heterocycles. The van der Waals surface area contributed by atoms with Gasteiger partial charge in [0.2, 0.25) is 0 Å². The van der Waals surface area contributed by atoms with Gasteiger partial charge in [0.1, 0.15) is 0 Å². The van der Waals surface area contributed by atoms with Gasteiger partial charge in [0.05, 0.1) is 0 Å². The molecular weight excluding hydrogens is 218 g/mol. The molecule has 0 fully saturated rings. The van der Waals surface area contributed by atoms with Crippen molar-refractivity contribution in [2.45, 2.75) is 6.42 Å². The molecular formula is C9H10BrNO. The van der Waals surface area contributed by atoms with Crippen molar-refractivity contribution >= 4 is 27.4 Å². The maximum atomic E-state index is 11.3. The quantitative estimate of drug-likeness (QED) is 0.489. The average molecular weight is 228 g/mol. The number of hydrogen-bond donors (Lipinski definition) is 1. The number of alkyl halides is 1. The predicted octanol–water partition coefficient (Wildman–Crippen LogP) is 2.24. The number of halogens is 1. The van der Waals surface area contributed by atoms with Crippen LogP contribution in [0.4, 0.5) is 5.69 Å². The normalized spacial score (nSPS) is 9.75. The number of benzene rings is 1. The van der Waals surface area contributed by atoms with Crippen molar-refractivity contribution in [3.05, 3.63) is 29.8 Å². The second-order valence-corrected chi connectivity index (χ2v) is 3.28. The van der Waals surface area contributed by atoms with Gasteiger partial charge in [-0.3, -0.25) is 4.79 Å². The summed E-state index contributed by atoms with van der Waals surface area (Å²) >= 11 is 3.21. The summed E-state index contributed by atoms with van der Waals surface area (Å²) < 4.78 is 0. The van der Waals surface area contributed by atoms with E-state index in [1.54, 1.807) is 24.3 Å². The van der Waals surface area contributed by atoms with Crippen LogP contribution >= 0.6 is 15.9 Å². The summed E-state index contributed by atoms with van der Waals surface area (Å²) in [4.78, 5) is 11.3. The Bertz CT molecular complexity index is 286. The monoisotopic (exact) mass is 227 g/mol. The number of hydrogen-bond acceptors (Lipinski definition) is 2. The molecule has 0 bridgehead atoms. The van der Waals surface area contributed by atoms with E-state index < -0.39 is 0 Å². The predicted molar refractivity (Wildman–Crippen MR) is 53.6 cm³/mol. The van der Waals surface area contributed by atoms with Gasteiger partial charge in [-0.25, -0.2) is 0 Å². The summed E-state index contributed by atoms with van der Waals surface area (Å²) in [5.74, 6) is 0.124. The first-order chi connectivity index (χ1) is 5.74. The van der Waals surface area contributed by atoms with E-state index in [0.717, 1.165) is 0 Å². The molecule has 1 aromatic carbocycles. The largest absolute Gasteiger partial charge is 0.399 e. The molecule has 0 aromatic heterocycles. The molecule has 2 N–H and O–H groups in total. The summed E-state index contributed by atoms with van der Waals surface area (Å²) in [5.41, 5.74) is 6.85. The highest BCUT2D eigenvalue weighted by molar-refractivity contribution is 9.09. The number of Topliss-reactive ketones (excluding diaryl/α,β-unsaturated/α-hetero) is 1. The van der Waals surface area contributed by atoms with Crippen LogP contribution < -0.4 is 5.73 Å². The molecule has 64 valence electrons. The van der Waals surface area contributed by atoms with Crippen LogP contribution in [0.3, 0.4) is 0 Å². The van der Waals surface area contributed by atoms with Gasteiger partial charge in [-0.2, -0.15) is 0 Å².